The number of ether oxygens (including phenoxy) is 1. The first kappa shape index (κ1) is 12.9. The number of hydrogen-bond acceptors (Lipinski definition) is 5. The number of non-ortho nitro benzene ring substituents is 1. The van der Waals surface area contributed by atoms with Crippen LogP contribution in [0.25, 0.3) is 0 Å². The van der Waals surface area contributed by atoms with E-state index in [4.69, 9.17) is 10.6 Å². The van der Waals surface area contributed by atoms with Crippen LogP contribution in [0.5, 0.6) is 5.75 Å². The molecule has 0 heterocycles. The van der Waals surface area contributed by atoms with Gasteiger partial charge in [-0.05, 0) is 18.6 Å². The molecule has 1 rings (SSSR count). The maximum atomic E-state index is 10.8. The van der Waals surface area contributed by atoms with Gasteiger partial charge < -0.3 is 4.74 Å². The third kappa shape index (κ3) is 3.72. The quantitative estimate of drug-likeness (QED) is 0.339. The fraction of sp³-hybridized carbons (Fsp3) is 0.300. The number of hydrazine groups is 1. The molecule has 0 unspecified atom stereocenters. The third-order valence-electron chi connectivity index (χ3n) is 2.12. The summed E-state index contributed by atoms with van der Waals surface area (Å²) in [5.74, 6) is 5.09. The lowest BCUT2D eigenvalue weighted by Crippen LogP contribution is -2.31. The Kier molecular flexibility index (Phi) is 4.41. The Bertz CT molecular complexity index is 434. The highest BCUT2D eigenvalue weighted by Gasteiger charge is 2.09. The van der Waals surface area contributed by atoms with Gasteiger partial charge in [-0.15, -0.1) is 0 Å². The highest BCUT2D eigenvalue weighted by Crippen LogP contribution is 2.23. The monoisotopic (exact) mass is 239 g/mol. The van der Waals surface area contributed by atoms with Crippen LogP contribution in [0.2, 0.25) is 0 Å². The number of nitrogens with zero attached hydrogens (tertiary/aromatic N) is 1. The number of aryl methyl sites for hydroxylation is 1. The Balaban J connectivity index is 2.60. The maximum Gasteiger partial charge on any atom is 0.269 e. The van der Waals surface area contributed by atoms with Crippen molar-refractivity contribution in [1.29, 1.82) is 0 Å². The SMILES string of the molecule is Cc1cc([N+](=O)[O-])ccc1OCCC(=O)NN. The molecule has 1 aromatic rings. The molecule has 0 atom stereocenters. The topological polar surface area (TPSA) is 107 Å². The van der Waals surface area contributed by atoms with Gasteiger partial charge in [0.1, 0.15) is 5.75 Å². The second kappa shape index (κ2) is 5.80. The normalized spacial score (nSPS) is 9.76. The summed E-state index contributed by atoms with van der Waals surface area (Å²) in [6, 6.07) is 4.28. The molecule has 1 amide bonds. The number of carbonyl (C=O) groups is 1. The number of benzene rings is 1. The zero-order valence-corrected chi connectivity index (χ0v) is 9.30. The van der Waals surface area contributed by atoms with Crippen molar-refractivity contribution in [1.82, 2.24) is 5.43 Å². The first-order chi connectivity index (χ1) is 8.04. The van der Waals surface area contributed by atoms with Gasteiger partial charge in [-0.1, -0.05) is 0 Å². The van der Waals surface area contributed by atoms with E-state index >= 15 is 0 Å². The predicted octanol–water partition coefficient (Wildman–Crippen LogP) is 0.662. The van der Waals surface area contributed by atoms with Crippen molar-refractivity contribution in [2.45, 2.75) is 13.3 Å². The van der Waals surface area contributed by atoms with Crippen LogP contribution in [0.15, 0.2) is 18.2 Å². The molecular formula is C10H13N3O4. The number of nitrogens with two attached hydrogens (primary N) is 1. The van der Waals surface area contributed by atoms with E-state index in [1.165, 1.54) is 18.2 Å². The molecular weight excluding hydrogens is 226 g/mol. The summed E-state index contributed by atoms with van der Waals surface area (Å²) in [6.45, 7) is 1.87. The van der Waals surface area contributed by atoms with Gasteiger partial charge in [-0.3, -0.25) is 20.3 Å². The average molecular weight is 239 g/mol. The standard InChI is InChI=1S/C10H13N3O4/c1-7-6-8(13(15)16)2-3-9(7)17-5-4-10(14)12-11/h2-3,6H,4-5,11H2,1H3,(H,12,14). The zero-order valence-electron chi connectivity index (χ0n) is 9.30. The van der Waals surface area contributed by atoms with Gasteiger partial charge in [0.2, 0.25) is 5.91 Å². The fourth-order valence-electron chi connectivity index (χ4n) is 1.23. The Morgan fingerprint density at radius 1 is 1.59 bits per heavy atom. The van der Waals surface area contributed by atoms with Gasteiger partial charge in [-0.2, -0.15) is 0 Å². The van der Waals surface area contributed by atoms with Crippen LogP contribution in [0.3, 0.4) is 0 Å². The predicted molar refractivity (Wildman–Crippen MR) is 60.3 cm³/mol. The zero-order chi connectivity index (χ0) is 12.8. The van der Waals surface area contributed by atoms with E-state index in [0.29, 0.717) is 11.3 Å². The van der Waals surface area contributed by atoms with E-state index in [1.807, 2.05) is 5.43 Å². The Labute approximate surface area is 97.7 Å². The molecule has 0 fully saturated rings. The van der Waals surface area contributed by atoms with Crippen molar-refractivity contribution in [3.05, 3.63) is 33.9 Å². The Hall–Kier alpha value is -2.15. The van der Waals surface area contributed by atoms with Gasteiger partial charge in [-0.25, -0.2) is 5.84 Å². The summed E-state index contributed by atoms with van der Waals surface area (Å²) in [5, 5.41) is 10.5. The van der Waals surface area contributed by atoms with E-state index in [1.54, 1.807) is 6.92 Å². The Morgan fingerprint density at radius 3 is 2.82 bits per heavy atom. The second-order valence-electron chi connectivity index (χ2n) is 3.37. The minimum absolute atomic E-state index is 0.00884. The van der Waals surface area contributed by atoms with Crippen LogP contribution in [-0.4, -0.2) is 17.4 Å². The fourth-order valence-corrected chi connectivity index (χ4v) is 1.23. The molecule has 0 radical (unpaired) electrons. The molecule has 3 N–H and O–H groups in total. The van der Waals surface area contributed by atoms with E-state index in [2.05, 4.69) is 0 Å². The first-order valence-corrected chi connectivity index (χ1v) is 4.92. The highest BCUT2D eigenvalue weighted by molar-refractivity contribution is 5.75. The third-order valence-corrected chi connectivity index (χ3v) is 2.12. The molecule has 1 aromatic carbocycles. The van der Waals surface area contributed by atoms with Crippen LogP contribution in [0.4, 0.5) is 5.69 Å². The van der Waals surface area contributed by atoms with Crippen LogP contribution >= 0.6 is 0 Å². The number of nitro groups is 1. The van der Waals surface area contributed by atoms with E-state index in [0.717, 1.165) is 0 Å². The van der Waals surface area contributed by atoms with Gasteiger partial charge in [0.15, 0.2) is 0 Å². The smallest absolute Gasteiger partial charge is 0.269 e. The maximum absolute atomic E-state index is 10.8. The molecule has 92 valence electrons. The average Bonchev–Trinajstić information content (AvgIpc) is 2.30. The molecule has 7 heteroatoms. The molecule has 0 aliphatic rings. The second-order valence-corrected chi connectivity index (χ2v) is 3.37. The highest BCUT2D eigenvalue weighted by atomic mass is 16.6. The van der Waals surface area contributed by atoms with Crippen molar-refractivity contribution < 1.29 is 14.5 Å². The minimum Gasteiger partial charge on any atom is -0.493 e. The summed E-state index contributed by atoms with van der Waals surface area (Å²) in [5.41, 5.74) is 2.64. The number of amides is 1. The van der Waals surface area contributed by atoms with Crippen LogP contribution in [-0.2, 0) is 4.79 Å². The lowest BCUT2D eigenvalue weighted by atomic mass is 10.2. The van der Waals surface area contributed by atoms with Gasteiger partial charge in [0.05, 0.1) is 18.0 Å². The molecule has 0 saturated carbocycles. The van der Waals surface area contributed by atoms with Crippen molar-refractivity contribution >= 4 is 11.6 Å². The number of rotatable bonds is 5. The van der Waals surface area contributed by atoms with E-state index in [9.17, 15) is 14.9 Å². The number of nitrogens with one attached hydrogen (secondary N) is 1. The first-order valence-electron chi connectivity index (χ1n) is 4.92. The lowest BCUT2D eigenvalue weighted by Gasteiger charge is -2.08. The van der Waals surface area contributed by atoms with Crippen molar-refractivity contribution in [2.24, 2.45) is 5.84 Å². The van der Waals surface area contributed by atoms with E-state index < -0.39 is 4.92 Å². The summed E-state index contributed by atoms with van der Waals surface area (Å²) < 4.78 is 5.31. The van der Waals surface area contributed by atoms with Gasteiger partial charge >= 0.3 is 0 Å². The number of carbonyl (C=O) groups excluding carboxylic acids is 1. The number of hydrogen-bond donors (Lipinski definition) is 2. The summed E-state index contributed by atoms with van der Waals surface area (Å²) in [7, 11) is 0. The van der Waals surface area contributed by atoms with Crippen LogP contribution in [0, 0.1) is 17.0 Å². The molecule has 7 nitrogen and oxygen atoms in total. The molecule has 17 heavy (non-hydrogen) atoms. The Morgan fingerprint density at radius 2 is 2.29 bits per heavy atom. The van der Waals surface area contributed by atoms with E-state index in [-0.39, 0.29) is 24.6 Å². The molecule has 0 aliphatic heterocycles. The molecule has 0 spiro atoms. The summed E-state index contributed by atoms with van der Waals surface area (Å²) >= 11 is 0. The van der Waals surface area contributed by atoms with Crippen LogP contribution < -0.4 is 16.0 Å². The van der Waals surface area contributed by atoms with Crippen LogP contribution in [0.1, 0.15) is 12.0 Å². The molecule has 0 aromatic heterocycles. The lowest BCUT2D eigenvalue weighted by molar-refractivity contribution is -0.384. The largest absolute Gasteiger partial charge is 0.493 e. The van der Waals surface area contributed by atoms with Crippen molar-refractivity contribution in [3.8, 4) is 5.75 Å². The van der Waals surface area contributed by atoms with Crippen molar-refractivity contribution in [2.75, 3.05) is 6.61 Å². The van der Waals surface area contributed by atoms with Gasteiger partial charge in [0.25, 0.3) is 5.69 Å². The molecule has 0 bridgehead atoms. The molecule has 0 saturated heterocycles. The minimum atomic E-state index is -0.474. The number of nitro benzene ring substituents is 1. The van der Waals surface area contributed by atoms with Gasteiger partial charge in [0, 0.05) is 12.1 Å². The van der Waals surface area contributed by atoms with Crippen molar-refractivity contribution in [3.63, 3.8) is 0 Å². The summed E-state index contributed by atoms with van der Waals surface area (Å²) in [6.07, 6.45) is 0.132. The molecule has 0 aliphatic carbocycles. The summed E-state index contributed by atoms with van der Waals surface area (Å²) in [4.78, 5) is 20.9.